The van der Waals surface area contributed by atoms with E-state index >= 15 is 0 Å². The Balaban J connectivity index is 2.77. The molecule has 0 fully saturated rings. The van der Waals surface area contributed by atoms with Crippen molar-refractivity contribution in [3.05, 3.63) is 34.3 Å². The van der Waals surface area contributed by atoms with E-state index in [0.717, 1.165) is 11.1 Å². The number of aryl methyl sites for hydroxylation is 1. The van der Waals surface area contributed by atoms with E-state index in [1.165, 1.54) is 0 Å². The summed E-state index contributed by atoms with van der Waals surface area (Å²) in [6.07, 6.45) is -0.466. The molecule has 0 radical (unpaired) electrons. The zero-order valence-electron chi connectivity index (χ0n) is 9.37. The number of carboxylic acid groups (broad SMARTS) is 1. The average molecular weight is 243 g/mol. The van der Waals surface area contributed by atoms with Gasteiger partial charge < -0.3 is 9.84 Å². The predicted molar refractivity (Wildman–Crippen MR) is 62.9 cm³/mol. The number of halogens is 1. The Bertz CT molecular complexity index is 377. The number of rotatable bonds is 5. The molecule has 16 heavy (non-hydrogen) atoms. The standard InChI is InChI=1S/C12H15ClO3/c1-3-16-11(12(14)15)7-9-5-4-8(2)10(13)6-9/h4-6,11H,3,7H2,1-2H3,(H,14,15). The number of aliphatic carboxylic acids is 1. The van der Waals surface area contributed by atoms with Crippen LogP contribution in [0.4, 0.5) is 0 Å². The van der Waals surface area contributed by atoms with Gasteiger partial charge in [-0.15, -0.1) is 0 Å². The largest absolute Gasteiger partial charge is 0.479 e. The van der Waals surface area contributed by atoms with Crippen molar-refractivity contribution in [1.29, 1.82) is 0 Å². The molecule has 1 aromatic rings. The smallest absolute Gasteiger partial charge is 0.333 e. The van der Waals surface area contributed by atoms with E-state index in [1.807, 2.05) is 19.1 Å². The van der Waals surface area contributed by atoms with Crippen LogP contribution < -0.4 is 0 Å². The van der Waals surface area contributed by atoms with E-state index in [-0.39, 0.29) is 0 Å². The number of ether oxygens (including phenoxy) is 1. The van der Waals surface area contributed by atoms with Crippen molar-refractivity contribution in [2.45, 2.75) is 26.4 Å². The molecule has 0 aliphatic carbocycles. The lowest BCUT2D eigenvalue weighted by Crippen LogP contribution is -2.26. The molecule has 0 saturated carbocycles. The molecule has 1 N–H and O–H groups in total. The van der Waals surface area contributed by atoms with Crippen LogP contribution in [0.3, 0.4) is 0 Å². The van der Waals surface area contributed by atoms with Crippen molar-refractivity contribution in [2.24, 2.45) is 0 Å². The molecule has 1 unspecified atom stereocenters. The second-order valence-corrected chi connectivity index (χ2v) is 3.98. The van der Waals surface area contributed by atoms with Crippen LogP contribution in [0.15, 0.2) is 18.2 Å². The summed E-state index contributed by atoms with van der Waals surface area (Å²) in [6.45, 7) is 4.07. The minimum atomic E-state index is -0.946. The number of carboxylic acids is 1. The second-order valence-electron chi connectivity index (χ2n) is 3.57. The minimum Gasteiger partial charge on any atom is -0.479 e. The van der Waals surface area contributed by atoms with Crippen molar-refractivity contribution < 1.29 is 14.6 Å². The molecular weight excluding hydrogens is 228 g/mol. The first-order valence-corrected chi connectivity index (χ1v) is 5.51. The molecule has 0 amide bonds. The highest BCUT2D eigenvalue weighted by Crippen LogP contribution is 2.18. The Labute approximate surface area is 100.0 Å². The van der Waals surface area contributed by atoms with Gasteiger partial charge in [0.25, 0.3) is 0 Å². The quantitative estimate of drug-likeness (QED) is 0.864. The fraction of sp³-hybridized carbons (Fsp3) is 0.417. The topological polar surface area (TPSA) is 46.5 Å². The maximum Gasteiger partial charge on any atom is 0.333 e. The predicted octanol–water partition coefficient (Wildman–Crippen LogP) is 2.68. The summed E-state index contributed by atoms with van der Waals surface area (Å²) in [4.78, 5) is 10.9. The third kappa shape index (κ3) is 3.51. The molecule has 1 rings (SSSR count). The Kier molecular flexibility index (Phi) is 4.77. The molecule has 4 heteroatoms. The van der Waals surface area contributed by atoms with Gasteiger partial charge in [-0.3, -0.25) is 0 Å². The lowest BCUT2D eigenvalue weighted by atomic mass is 10.1. The van der Waals surface area contributed by atoms with Crippen LogP contribution in [0, 0.1) is 6.92 Å². The van der Waals surface area contributed by atoms with E-state index in [0.29, 0.717) is 18.1 Å². The van der Waals surface area contributed by atoms with Gasteiger partial charge in [0.2, 0.25) is 0 Å². The summed E-state index contributed by atoms with van der Waals surface area (Å²) in [5.74, 6) is -0.946. The van der Waals surface area contributed by atoms with Gasteiger partial charge in [-0.25, -0.2) is 4.79 Å². The zero-order valence-corrected chi connectivity index (χ0v) is 10.1. The number of hydrogen-bond donors (Lipinski definition) is 1. The van der Waals surface area contributed by atoms with E-state index < -0.39 is 12.1 Å². The van der Waals surface area contributed by atoms with Crippen LogP contribution in [0.25, 0.3) is 0 Å². The van der Waals surface area contributed by atoms with Crippen LogP contribution in [-0.4, -0.2) is 23.8 Å². The first kappa shape index (κ1) is 13.0. The Morgan fingerprint density at radius 3 is 2.75 bits per heavy atom. The summed E-state index contributed by atoms with van der Waals surface area (Å²) in [5, 5.41) is 9.58. The van der Waals surface area contributed by atoms with Gasteiger partial charge in [-0.05, 0) is 31.0 Å². The van der Waals surface area contributed by atoms with Gasteiger partial charge >= 0.3 is 5.97 Å². The normalized spacial score (nSPS) is 12.4. The van der Waals surface area contributed by atoms with Crippen molar-refractivity contribution in [3.63, 3.8) is 0 Å². The fourth-order valence-corrected chi connectivity index (χ4v) is 1.60. The maximum atomic E-state index is 10.9. The van der Waals surface area contributed by atoms with Gasteiger partial charge in [0.15, 0.2) is 6.10 Å². The molecule has 1 atom stereocenters. The fourth-order valence-electron chi connectivity index (χ4n) is 1.40. The summed E-state index contributed by atoms with van der Waals surface area (Å²) in [6, 6.07) is 5.53. The van der Waals surface area contributed by atoms with Crippen LogP contribution in [0.5, 0.6) is 0 Å². The van der Waals surface area contributed by atoms with Crippen molar-refractivity contribution in [3.8, 4) is 0 Å². The summed E-state index contributed by atoms with van der Waals surface area (Å²) in [5.41, 5.74) is 1.85. The van der Waals surface area contributed by atoms with Crippen LogP contribution in [0.1, 0.15) is 18.1 Å². The van der Waals surface area contributed by atoms with Gasteiger partial charge in [0, 0.05) is 18.1 Å². The van der Waals surface area contributed by atoms with Gasteiger partial charge in [0.1, 0.15) is 0 Å². The molecule has 1 aromatic carbocycles. The van der Waals surface area contributed by atoms with Gasteiger partial charge in [-0.1, -0.05) is 23.7 Å². The monoisotopic (exact) mass is 242 g/mol. The Hall–Kier alpha value is -1.06. The molecule has 3 nitrogen and oxygen atoms in total. The number of carbonyl (C=O) groups is 1. The second kappa shape index (κ2) is 5.87. The molecule has 0 aliphatic heterocycles. The molecule has 0 aliphatic rings. The minimum absolute atomic E-state index is 0.336. The highest BCUT2D eigenvalue weighted by atomic mass is 35.5. The molecule has 0 bridgehead atoms. The van der Waals surface area contributed by atoms with Crippen LogP contribution >= 0.6 is 11.6 Å². The highest BCUT2D eigenvalue weighted by Gasteiger charge is 2.18. The summed E-state index contributed by atoms with van der Waals surface area (Å²) < 4.78 is 5.13. The lowest BCUT2D eigenvalue weighted by molar-refractivity contribution is -0.149. The molecule has 0 heterocycles. The lowest BCUT2D eigenvalue weighted by Gasteiger charge is -2.12. The molecule has 0 spiro atoms. The van der Waals surface area contributed by atoms with E-state index in [9.17, 15) is 4.79 Å². The van der Waals surface area contributed by atoms with Crippen molar-refractivity contribution >= 4 is 17.6 Å². The Morgan fingerprint density at radius 1 is 1.56 bits per heavy atom. The first-order chi connectivity index (χ1) is 7.54. The zero-order chi connectivity index (χ0) is 12.1. The highest BCUT2D eigenvalue weighted by molar-refractivity contribution is 6.31. The van der Waals surface area contributed by atoms with Gasteiger partial charge in [-0.2, -0.15) is 0 Å². The molecule has 0 aromatic heterocycles. The molecular formula is C12H15ClO3. The summed E-state index contributed by atoms with van der Waals surface area (Å²) >= 11 is 5.97. The van der Waals surface area contributed by atoms with E-state index in [1.54, 1.807) is 13.0 Å². The van der Waals surface area contributed by atoms with Gasteiger partial charge in [0.05, 0.1) is 0 Å². The average Bonchev–Trinajstić information content (AvgIpc) is 2.22. The van der Waals surface area contributed by atoms with Crippen LogP contribution in [-0.2, 0) is 16.0 Å². The maximum absolute atomic E-state index is 10.9. The van der Waals surface area contributed by atoms with Crippen molar-refractivity contribution in [2.75, 3.05) is 6.61 Å². The van der Waals surface area contributed by atoms with E-state index in [2.05, 4.69) is 0 Å². The molecule has 88 valence electrons. The first-order valence-electron chi connectivity index (χ1n) is 5.14. The summed E-state index contributed by atoms with van der Waals surface area (Å²) in [7, 11) is 0. The number of benzene rings is 1. The SMILES string of the molecule is CCOC(Cc1ccc(C)c(Cl)c1)C(=O)O. The van der Waals surface area contributed by atoms with E-state index in [4.69, 9.17) is 21.4 Å². The third-order valence-corrected chi connectivity index (χ3v) is 2.71. The Morgan fingerprint density at radius 2 is 2.25 bits per heavy atom. The third-order valence-electron chi connectivity index (χ3n) is 2.30. The number of hydrogen-bond acceptors (Lipinski definition) is 2. The molecule has 0 saturated heterocycles. The van der Waals surface area contributed by atoms with Crippen LogP contribution in [0.2, 0.25) is 5.02 Å². The van der Waals surface area contributed by atoms with Crippen molar-refractivity contribution in [1.82, 2.24) is 0 Å².